The van der Waals surface area contributed by atoms with Crippen LogP contribution >= 0.6 is 0 Å². The number of nitrogens with zero attached hydrogens (tertiary/aromatic N) is 6. The number of aliphatic carboxylic acids is 1. The lowest BCUT2D eigenvalue weighted by Crippen LogP contribution is -2.50. The summed E-state index contributed by atoms with van der Waals surface area (Å²) in [6, 6.07) is 12.7. The number of piperidine rings is 1. The minimum atomic E-state index is -0.736. The number of aryl methyl sites for hydroxylation is 1. The van der Waals surface area contributed by atoms with Crippen LogP contribution in [0.15, 0.2) is 55.0 Å². The minimum Gasteiger partial charge on any atom is -0.480 e. The van der Waals surface area contributed by atoms with Gasteiger partial charge in [-0.05, 0) is 55.9 Å². The van der Waals surface area contributed by atoms with Crippen molar-refractivity contribution in [2.75, 3.05) is 58.9 Å². The molecule has 0 spiro atoms. The summed E-state index contributed by atoms with van der Waals surface area (Å²) in [5.74, 6) is -0.00877. The number of carbonyl (C=O) groups is 1. The summed E-state index contributed by atoms with van der Waals surface area (Å²) >= 11 is 0. The molecular weight excluding hydrogens is 556 g/mol. The van der Waals surface area contributed by atoms with Gasteiger partial charge in [-0.1, -0.05) is 12.1 Å². The number of aliphatic hydroxyl groups is 1. The van der Waals surface area contributed by atoms with Gasteiger partial charge in [-0.2, -0.15) is 0 Å². The van der Waals surface area contributed by atoms with Crippen molar-refractivity contribution < 1.29 is 19.7 Å². The molecule has 0 atom stereocenters. The van der Waals surface area contributed by atoms with Gasteiger partial charge in [-0.3, -0.25) is 19.6 Å². The number of ether oxygens (including phenoxy) is 1. The van der Waals surface area contributed by atoms with Crippen LogP contribution in [0.3, 0.4) is 0 Å². The summed E-state index contributed by atoms with van der Waals surface area (Å²) < 4.78 is 8.07. The van der Waals surface area contributed by atoms with Crippen molar-refractivity contribution in [3.05, 3.63) is 55.0 Å². The highest BCUT2D eigenvalue weighted by Crippen LogP contribution is 2.32. The normalized spacial score (nSPS) is 19.0. The smallest absolute Gasteiger partial charge is 0.317 e. The quantitative estimate of drug-likeness (QED) is 0.312. The number of aromatic nitrogens is 3. The first kappa shape index (κ1) is 30.5. The number of rotatable bonds is 8. The molecule has 7 rings (SSSR count). The Morgan fingerprint density at radius 1 is 0.841 bits per heavy atom. The van der Waals surface area contributed by atoms with E-state index in [9.17, 15) is 9.90 Å². The molecule has 1 aromatic carbocycles. The molecule has 5 heterocycles. The number of fused-ring (bicyclic) bond motifs is 3. The maximum absolute atomic E-state index is 10.6. The van der Waals surface area contributed by atoms with Crippen molar-refractivity contribution in [3.8, 4) is 17.0 Å². The lowest BCUT2D eigenvalue weighted by Gasteiger charge is -2.36. The lowest BCUT2D eigenvalue weighted by atomic mass is 9.96. The van der Waals surface area contributed by atoms with E-state index in [1.54, 1.807) is 0 Å². The molecule has 2 aliphatic heterocycles. The predicted octanol–water partition coefficient (Wildman–Crippen LogP) is 3.87. The van der Waals surface area contributed by atoms with E-state index in [1.807, 2.05) is 29.6 Å². The molecule has 1 saturated carbocycles. The van der Waals surface area contributed by atoms with Crippen molar-refractivity contribution in [1.29, 1.82) is 0 Å². The molecule has 0 radical (unpaired) electrons. The second-order valence-electron chi connectivity index (χ2n) is 12.3. The third-order valence-corrected chi connectivity index (χ3v) is 9.33. The molecule has 0 unspecified atom stereocenters. The fourth-order valence-electron chi connectivity index (χ4n) is 6.30. The molecule has 10 heteroatoms. The summed E-state index contributed by atoms with van der Waals surface area (Å²) in [6.07, 6.45) is 11.3. The zero-order valence-electron chi connectivity index (χ0n) is 25.6. The molecule has 0 amide bonds. The zero-order valence-corrected chi connectivity index (χ0v) is 25.6. The first-order valence-corrected chi connectivity index (χ1v) is 15.9. The Hall–Kier alpha value is -3.57. The van der Waals surface area contributed by atoms with E-state index in [2.05, 4.69) is 61.7 Å². The summed E-state index contributed by atoms with van der Waals surface area (Å²) in [4.78, 5) is 26.2. The van der Waals surface area contributed by atoms with E-state index >= 15 is 0 Å². The number of hydrogen-bond donors (Lipinski definition) is 2. The van der Waals surface area contributed by atoms with E-state index in [-0.39, 0.29) is 12.6 Å². The Bertz CT molecular complexity index is 1540. The molecule has 3 aliphatic rings. The largest absolute Gasteiger partial charge is 0.480 e. The molecule has 2 N–H and O–H groups in total. The molecule has 3 aromatic heterocycles. The fourth-order valence-corrected chi connectivity index (χ4v) is 6.30. The number of pyridine rings is 2. The van der Waals surface area contributed by atoms with Gasteiger partial charge in [-0.15, -0.1) is 0 Å². The summed E-state index contributed by atoms with van der Waals surface area (Å²) in [5.41, 5.74) is 4.67. The molecule has 44 heavy (non-hydrogen) atoms. The molecular formula is C34H44N6O4. The van der Waals surface area contributed by atoms with Crippen LogP contribution in [-0.4, -0.2) is 117 Å². The first-order chi connectivity index (χ1) is 21.4. The van der Waals surface area contributed by atoms with Crippen molar-refractivity contribution in [1.82, 2.24) is 29.2 Å². The summed E-state index contributed by atoms with van der Waals surface area (Å²) in [7, 11) is 2.10. The van der Waals surface area contributed by atoms with Gasteiger partial charge in [0.25, 0.3) is 0 Å². The third-order valence-electron chi connectivity index (χ3n) is 9.33. The van der Waals surface area contributed by atoms with E-state index in [0.717, 1.165) is 95.0 Å². The van der Waals surface area contributed by atoms with Crippen LogP contribution in [0.25, 0.3) is 32.9 Å². The number of hydrogen-bond acceptors (Lipinski definition) is 8. The Morgan fingerprint density at radius 2 is 1.55 bits per heavy atom. The Balaban J connectivity index is 0.000000163. The third kappa shape index (κ3) is 7.38. The van der Waals surface area contributed by atoms with Gasteiger partial charge >= 0.3 is 5.97 Å². The van der Waals surface area contributed by atoms with Crippen molar-refractivity contribution >= 4 is 27.8 Å². The van der Waals surface area contributed by atoms with E-state index < -0.39 is 5.97 Å². The topological polar surface area (TPSA) is 107 Å². The van der Waals surface area contributed by atoms with Crippen LogP contribution in [0.4, 0.5) is 0 Å². The molecule has 234 valence electrons. The second kappa shape index (κ2) is 14.0. The Morgan fingerprint density at radius 3 is 2.20 bits per heavy atom. The Kier molecular flexibility index (Phi) is 9.71. The summed E-state index contributed by atoms with van der Waals surface area (Å²) in [5, 5.41) is 20.6. The molecule has 10 nitrogen and oxygen atoms in total. The van der Waals surface area contributed by atoms with Crippen molar-refractivity contribution in [2.24, 2.45) is 7.05 Å². The molecule has 4 aromatic rings. The van der Waals surface area contributed by atoms with Crippen LogP contribution in [0.1, 0.15) is 32.1 Å². The number of aliphatic hydroxyl groups excluding tert-OH is 1. The van der Waals surface area contributed by atoms with Gasteiger partial charge in [0.15, 0.2) is 0 Å². The number of carboxylic acids is 1. The predicted molar refractivity (Wildman–Crippen MR) is 172 cm³/mol. The zero-order chi connectivity index (χ0) is 30.5. The van der Waals surface area contributed by atoms with E-state index in [4.69, 9.17) is 9.84 Å². The van der Waals surface area contributed by atoms with Crippen LogP contribution in [0, 0.1) is 0 Å². The van der Waals surface area contributed by atoms with Gasteiger partial charge in [0.1, 0.15) is 6.10 Å². The number of benzene rings is 1. The first-order valence-electron chi connectivity index (χ1n) is 15.9. The summed E-state index contributed by atoms with van der Waals surface area (Å²) in [6.45, 7) is 7.91. The van der Waals surface area contributed by atoms with Crippen LogP contribution in [0.5, 0.6) is 5.88 Å². The highest BCUT2D eigenvalue weighted by atomic mass is 16.5. The Labute approximate surface area is 258 Å². The molecule has 2 saturated heterocycles. The number of carboxylic acid groups (broad SMARTS) is 1. The SMILES string of the molecule is Cn1c2ccncc2c2ccc(-c3ccc(OC4CCC4)nc3)cc21.O=C(O)CN1CCN(CCN2CCC(O)CC2)CC1. The highest BCUT2D eigenvalue weighted by molar-refractivity contribution is 6.08. The second-order valence-corrected chi connectivity index (χ2v) is 12.3. The number of piperazine rings is 1. The number of likely N-dealkylation sites (tertiary alicyclic amines) is 1. The maximum Gasteiger partial charge on any atom is 0.317 e. The highest BCUT2D eigenvalue weighted by Gasteiger charge is 2.21. The molecule has 1 aliphatic carbocycles. The average Bonchev–Trinajstić information content (AvgIpc) is 3.31. The molecule has 3 fully saturated rings. The standard InChI is InChI=1S/C21H19N3O.C13H25N3O3/c1-24-19-9-10-22-13-18(19)17-7-5-14(11-20(17)24)15-6-8-21(23-12-15)25-16-3-2-4-16;17-12-1-3-14(4-2-12)5-6-15-7-9-16(10-8-15)11-13(18)19/h5-13,16H,2-4H2,1H3;12,17H,1-11H2,(H,18,19). The lowest BCUT2D eigenvalue weighted by molar-refractivity contribution is -0.138. The van der Waals surface area contributed by atoms with Gasteiger partial charge in [0.2, 0.25) is 5.88 Å². The monoisotopic (exact) mass is 600 g/mol. The van der Waals surface area contributed by atoms with Gasteiger partial charge < -0.3 is 24.4 Å². The van der Waals surface area contributed by atoms with Gasteiger partial charge in [0.05, 0.1) is 18.2 Å². The maximum atomic E-state index is 10.6. The van der Waals surface area contributed by atoms with E-state index in [1.165, 1.54) is 28.2 Å². The fraction of sp³-hybridized carbons (Fsp3) is 0.500. The molecule has 0 bridgehead atoms. The van der Waals surface area contributed by atoms with E-state index in [0.29, 0.717) is 6.10 Å². The van der Waals surface area contributed by atoms with Crippen LogP contribution in [0.2, 0.25) is 0 Å². The van der Waals surface area contributed by atoms with Gasteiger partial charge in [0, 0.05) is 106 Å². The van der Waals surface area contributed by atoms with Gasteiger partial charge in [-0.25, -0.2) is 4.98 Å². The average molecular weight is 601 g/mol. The van der Waals surface area contributed by atoms with Crippen LogP contribution in [-0.2, 0) is 11.8 Å². The van der Waals surface area contributed by atoms with Crippen LogP contribution < -0.4 is 4.74 Å². The van der Waals surface area contributed by atoms with Crippen molar-refractivity contribution in [2.45, 2.75) is 44.3 Å². The minimum absolute atomic E-state index is 0.101. The van der Waals surface area contributed by atoms with Crippen molar-refractivity contribution in [3.63, 3.8) is 0 Å².